The van der Waals surface area contributed by atoms with Crippen molar-refractivity contribution in [3.63, 3.8) is 0 Å². The second kappa shape index (κ2) is 7.24. The van der Waals surface area contributed by atoms with E-state index < -0.39 is 0 Å². The van der Waals surface area contributed by atoms with E-state index >= 15 is 0 Å². The van der Waals surface area contributed by atoms with Crippen LogP contribution in [-0.4, -0.2) is 19.6 Å². The monoisotopic (exact) mass is 329 g/mol. The van der Waals surface area contributed by atoms with Gasteiger partial charge in [-0.2, -0.15) is 0 Å². The van der Waals surface area contributed by atoms with Gasteiger partial charge in [-0.3, -0.25) is 4.79 Å². The molecule has 1 aromatic rings. The molecule has 96 valence electrons. The average molecular weight is 331 g/mol. The molecule has 18 heavy (non-hydrogen) atoms. The zero-order chi connectivity index (χ0) is 13.5. The van der Waals surface area contributed by atoms with E-state index in [1.165, 1.54) is 6.08 Å². The lowest BCUT2D eigenvalue weighted by Crippen LogP contribution is -2.21. The van der Waals surface area contributed by atoms with Gasteiger partial charge in [0.15, 0.2) is 0 Å². The molecule has 0 aliphatic heterocycles. The molecule has 0 atom stereocenters. The molecule has 1 rings (SSSR count). The van der Waals surface area contributed by atoms with Crippen LogP contribution in [0.3, 0.4) is 0 Å². The SMILES string of the molecule is C=C(Cl)CNC(=O)/C=C/c1cc(Br)ccc1OC. The Morgan fingerprint density at radius 3 is 2.94 bits per heavy atom. The van der Waals surface area contributed by atoms with E-state index in [1.807, 2.05) is 18.2 Å². The molecule has 1 aromatic carbocycles. The van der Waals surface area contributed by atoms with Crippen molar-refractivity contribution in [3.8, 4) is 5.75 Å². The summed E-state index contributed by atoms with van der Waals surface area (Å²) in [6.07, 6.45) is 3.10. The fraction of sp³-hybridized carbons (Fsp3) is 0.154. The van der Waals surface area contributed by atoms with Gasteiger partial charge in [-0.15, -0.1) is 0 Å². The minimum Gasteiger partial charge on any atom is -0.496 e. The Labute approximate surface area is 120 Å². The van der Waals surface area contributed by atoms with Crippen LogP contribution in [0.1, 0.15) is 5.56 Å². The van der Waals surface area contributed by atoms with E-state index in [-0.39, 0.29) is 12.5 Å². The number of nitrogens with one attached hydrogen (secondary N) is 1. The average Bonchev–Trinajstić information content (AvgIpc) is 2.34. The molecule has 0 aliphatic carbocycles. The van der Waals surface area contributed by atoms with Crippen LogP contribution in [0.4, 0.5) is 0 Å². The summed E-state index contributed by atoms with van der Waals surface area (Å²) in [5, 5.41) is 2.98. The zero-order valence-electron chi connectivity index (χ0n) is 9.87. The number of carbonyl (C=O) groups is 1. The van der Waals surface area contributed by atoms with Crippen molar-refractivity contribution in [1.82, 2.24) is 5.32 Å². The van der Waals surface area contributed by atoms with Crippen molar-refractivity contribution in [2.24, 2.45) is 0 Å². The summed E-state index contributed by atoms with van der Waals surface area (Å²) in [6, 6.07) is 5.55. The third-order valence-corrected chi connectivity index (χ3v) is 2.69. The van der Waals surface area contributed by atoms with Gasteiger partial charge in [0.2, 0.25) is 5.91 Å². The van der Waals surface area contributed by atoms with Gasteiger partial charge in [0.05, 0.1) is 13.7 Å². The first-order valence-corrected chi connectivity index (χ1v) is 6.32. The number of ether oxygens (including phenoxy) is 1. The number of amides is 1. The van der Waals surface area contributed by atoms with Crippen molar-refractivity contribution in [2.45, 2.75) is 0 Å². The molecule has 0 bridgehead atoms. The number of hydrogen-bond acceptors (Lipinski definition) is 2. The summed E-state index contributed by atoms with van der Waals surface area (Å²) in [5.41, 5.74) is 0.812. The number of rotatable bonds is 5. The van der Waals surface area contributed by atoms with Crippen molar-refractivity contribution >= 4 is 39.5 Å². The Kier molecular flexibility index (Phi) is 5.95. The number of halogens is 2. The van der Waals surface area contributed by atoms with Crippen molar-refractivity contribution in [1.29, 1.82) is 0 Å². The van der Waals surface area contributed by atoms with E-state index in [0.29, 0.717) is 10.8 Å². The lowest BCUT2D eigenvalue weighted by atomic mass is 10.2. The molecule has 0 unspecified atom stereocenters. The lowest BCUT2D eigenvalue weighted by Gasteiger charge is -2.05. The number of carbonyl (C=O) groups excluding carboxylic acids is 1. The maximum atomic E-state index is 11.5. The number of benzene rings is 1. The fourth-order valence-corrected chi connectivity index (χ4v) is 1.69. The highest BCUT2D eigenvalue weighted by molar-refractivity contribution is 9.10. The number of methoxy groups -OCH3 is 1. The molecule has 0 fully saturated rings. The Hall–Kier alpha value is -1.26. The van der Waals surface area contributed by atoms with Crippen LogP contribution in [0.25, 0.3) is 6.08 Å². The quantitative estimate of drug-likeness (QED) is 0.841. The van der Waals surface area contributed by atoms with E-state index in [4.69, 9.17) is 16.3 Å². The zero-order valence-corrected chi connectivity index (χ0v) is 12.2. The third-order valence-electron chi connectivity index (χ3n) is 2.06. The molecule has 1 N–H and O–H groups in total. The topological polar surface area (TPSA) is 38.3 Å². The molecule has 0 aliphatic rings. The van der Waals surface area contributed by atoms with Gasteiger partial charge in [0.25, 0.3) is 0 Å². The van der Waals surface area contributed by atoms with Crippen LogP contribution in [0.5, 0.6) is 5.75 Å². The van der Waals surface area contributed by atoms with Crippen LogP contribution >= 0.6 is 27.5 Å². The third kappa shape index (κ3) is 4.94. The van der Waals surface area contributed by atoms with Gasteiger partial charge >= 0.3 is 0 Å². The molecule has 0 spiro atoms. The predicted molar refractivity (Wildman–Crippen MR) is 77.7 cm³/mol. The van der Waals surface area contributed by atoms with Crippen molar-refractivity contribution < 1.29 is 9.53 Å². The minimum atomic E-state index is -0.237. The smallest absolute Gasteiger partial charge is 0.244 e. The van der Waals surface area contributed by atoms with E-state index in [9.17, 15) is 4.79 Å². The maximum Gasteiger partial charge on any atom is 0.244 e. The van der Waals surface area contributed by atoms with Gasteiger partial charge in [-0.25, -0.2) is 0 Å². The van der Waals surface area contributed by atoms with Gasteiger partial charge in [-0.05, 0) is 24.3 Å². The van der Waals surface area contributed by atoms with Crippen molar-refractivity contribution in [3.05, 3.63) is 45.9 Å². The summed E-state index contributed by atoms with van der Waals surface area (Å²) in [6.45, 7) is 3.74. The second-order valence-electron chi connectivity index (χ2n) is 3.45. The summed E-state index contributed by atoms with van der Waals surface area (Å²) < 4.78 is 6.11. The van der Waals surface area contributed by atoms with Crippen LogP contribution < -0.4 is 10.1 Å². The van der Waals surface area contributed by atoms with Crippen LogP contribution in [-0.2, 0) is 4.79 Å². The molecular formula is C13H13BrClNO2. The Morgan fingerprint density at radius 1 is 1.61 bits per heavy atom. The standard InChI is InChI=1S/C13H13BrClNO2/c1-9(15)8-16-13(17)6-3-10-7-11(14)4-5-12(10)18-2/h3-7H,1,8H2,2H3,(H,16,17)/b6-3+. The summed E-state index contributed by atoms with van der Waals surface area (Å²) in [4.78, 5) is 11.5. The highest BCUT2D eigenvalue weighted by Crippen LogP contribution is 2.23. The second-order valence-corrected chi connectivity index (χ2v) is 4.90. The molecule has 5 heteroatoms. The van der Waals surface area contributed by atoms with Crippen LogP contribution in [0, 0.1) is 0 Å². The maximum absolute atomic E-state index is 11.5. The Bertz CT molecular complexity index is 486. The van der Waals surface area contributed by atoms with Gasteiger partial charge in [-0.1, -0.05) is 34.1 Å². The highest BCUT2D eigenvalue weighted by atomic mass is 79.9. The Morgan fingerprint density at radius 2 is 2.33 bits per heavy atom. The first-order chi connectivity index (χ1) is 8.52. The molecular weight excluding hydrogens is 318 g/mol. The first-order valence-electron chi connectivity index (χ1n) is 5.15. The molecule has 0 heterocycles. The predicted octanol–water partition coefficient (Wildman–Crippen LogP) is 3.34. The minimum absolute atomic E-state index is 0.237. The van der Waals surface area contributed by atoms with Gasteiger partial charge in [0, 0.05) is 21.1 Å². The van der Waals surface area contributed by atoms with E-state index in [0.717, 1.165) is 10.0 Å². The molecule has 0 saturated carbocycles. The van der Waals surface area contributed by atoms with Crippen LogP contribution in [0.2, 0.25) is 0 Å². The largest absolute Gasteiger partial charge is 0.496 e. The molecule has 0 aromatic heterocycles. The molecule has 0 saturated heterocycles. The Balaban J connectivity index is 2.74. The highest BCUT2D eigenvalue weighted by Gasteiger charge is 2.01. The lowest BCUT2D eigenvalue weighted by molar-refractivity contribution is -0.116. The summed E-state index contributed by atoms with van der Waals surface area (Å²) in [5.74, 6) is 0.461. The summed E-state index contributed by atoms with van der Waals surface area (Å²) >= 11 is 8.91. The molecule has 1 amide bonds. The van der Waals surface area contributed by atoms with Gasteiger partial charge < -0.3 is 10.1 Å². The van der Waals surface area contributed by atoms with E-state index in [2.05, 4.69) is 27.8 Å². The van der Waals surface area contributed by atoms with E-state index in [1.54, 1.807) is 13.2 Å². The van der Waals surface area contributed by atoms with Gasteiger partial charge in [0.1, 0.15) is 5.75 Å². The van der Waals surface area contributed by atoms with Crippen molar-refractivity contribution in [2.75, 3.05) is 13.7 Å². The molecule has 3 nitrogen and oxygen atoms in total. The fourth-order valence-electron chi connectivity index (χ4n) is 1.24. The van der Waals surface area contributed by atoms with Crippen LogP contribution in [0.15, 0.2) is 40.4 Å². The normalized spacial score (nSPS) is 10.4. The summed E-state index contributed by atoms with van der Waals surface area (Å²) in [7, 11) is 1.58. The number of hydrogen-bond donors (Lipinski definition) is 1. The first kappa shape index (κ1) is 14.8. The molecule has 0 radical (unpaired) electrons.